The van der Waals surface area contributed by atoms with Crippen LogP contribution in [0.4, 0.5) is 0 Å². The number of amides is 2. The molecule has 1 saturated heterocycles. The number of ether oxygens (including phenoxy) is 1. The molecule has 8 nitrogen and oxygen atoms in total. The Bertz CT molecular complexity index is 1360. The first-order valence-corrected chi connectivity index (χ1v) is 11.7. The maximum atomic E-state index is 13.9. The van der Waals surface area contributed by atoms with Gasteiger partial charge in [0.05, 0.1) is 25.0 Å². The van der Waals surface area contributed by atoms with Gasteiger partial charge in [-0.05, 0) is 55.2 Å². The highest BCUT2D eigenvalue weighted by Gasteiger charge is 2.39. The van der Waals surface area contributed by atoms with Gasteiger partial charge in [-0.25, -0.2) is 0 Å². The molecule has 0 spiro atoms. The Hall–Kier alpha value is -3.78. The van der Waals surface area contributed by atoms with Gasteiger partial charge in [0.15, 0.2) is 0 Å². The molecule has 2 atom stereocenters. The molecule has 3 aliphatic rings. The van der Waals surface area contributed by atoms with E-state index in [9.17, 15) is 14.4 Å². The molecule has 3 aliphatic heterocycles. The van der Waals surface area contributed by atoms with Crippen LogP contribution >= 0.6 is 11.6 Å². The van der Waals surface area contributed by atoms with E-state index < -0.39 is 5.91 Å². The minimum atomic E-state index is -0.535. The fourth-order valence-electron chi connectivity index (χ4n) is 4.88. The number of carbonyl (C=O) groups excluding carboxylic acids is 2. The monoisotopic (exact) mass is 493 g/mol. The zero-order valence-electron chi connectivity index (χ0n) is 19.1. The maximum absolute atomic E-state index is 13.9. The van der Waals surface area contributed by atoms with Crippen molar-refractivity contribution in [1.82, 2.24) is 14.8 Å². The summed E-state index contributed by atoms with van der Waals surface area (Å²) in [5, 5.41) is 3.12. The minimum Gasteiger partial charge on any atom is -0.496 e. The lowest BCUT2D eigenvalue weighted by molar-refractivity contribution is -0.132. The van der Waals surface area contributed by atoms with Gasteiger partial charge < -0.3 is 23.9 Å². The minimum absolute atomic E-state index is 0.0596. The quantitative estimate of drug-likeness (QED) is 0.545. The topological polar surface area (TPSA) is 93.8 Å². The fraction of sp³-hybridized carbons (Fsp3) is 0.269. The van der Waals surface area contributed by atoms with Crippen LogP contribution in [0, 0.1) is 5.92 Å². The van der Waals surface area contributed by atoms with Gasteiger partial charge in [-0.1, -0.05) is 17.7 Å². The zero-order chi connectivity index (χ0) is 24.5. The van der Waals surface area contributed by atoms with Crippen molar-refractivity contribution in [3.8, 4) is 5.75 Å². The molecule has 180 valence electrons. The van der Waals surface area contributed by atoms with E-state index in [0.29, 0.717) is 29.6 Å². The number of furan rings is 1. The number of hydrogen-bond donors (Lipinski definition) is 1. The van der Waals surface area contributed by atoms with E-state index >= 15 is 0 Å². The Kier molecular flexibility index (Phi) is 6.21. The molecular formula is C26H24ClN3O5. The van der Waals surface area contributed by atoms with E-state index in [1.807, 2.05) is 6.07 Å². The molecule has 3 aromatic rings. The van der Waals surface area contributed by atoms with E-state index in [2.05, 4.69) is 5.32 Å². The average Bonchev–Trinajstić information content (AvgIpc) is 3.24. The number of benzene rings is 1. The SMILES string of the molecule is COc1ccc(Cl)cc1C(=O)N/C(=C/c1ccco1)C(=O)N1CC2CCC1c1cccc(=O)n1C2. The molecule has 6 rings (SSSR count). The number of carbonyl (C=O) groups is 2. The highest BCUT2D eigenvalue weighted by atomic mass is 35.5. The van der Waals surface area contributed by atoms with Gasteiger partial charge in [0.25, 0.3) is 17.4 Å². The largest absolute Gasteiger partial charge is 0.496 e. The summed E-state index contributed by atoms with van der Waals surface area (Å²) < 4.78 is 12.5. The van der Waals surface area contributed by atoms with Crippen LogP contribution in [-0.4, -0.2) is 34.9 Å². The van der Waals surface area contributed by atoms with Crippen LogP contribution in [0.5, 0.6) is 5.75 Å². The van der Waals surface area contributed by atoms with Crippen molar-refractivity contribution in [3.63, 3.8) is 0 Å². The molecule has 1 aromatic carbocycles. The predicted molar refractivity (Wildman–Crippen MR) is 130 cm³/mol. The van der Waals surface area contributed by atoms with Gasteiger partial charge in [-0.15, -0.1) is 0 Å². The molecule has 0 aliphatic carbocycles. The lowest BCUT2D eigenvalue weighted by Crippen LogP contribution is -2.44. The van der Waals surface area contributed by atoms with E-state index in [1.54, 1.807) is 45.9 Å². The summed E-state index contributed by atoms with van der Waals surface area (Å²) >= 11 is 6.11. The number of hydrogen-bond acceptors (Lipinski definition) is 5. The van der Waals surface area contributed by atoms with Crippen LogP contribution in [0.1, 0.15) is 40.7 Å². The van der Waals surface area contributed by atoms with Crippen molar-refractivity contribution in [2.45, 2.75) is 25.4 Å². The van der Waals surface area contributed by atoms with Crippen molar-refractivity contribution >= 4 is 29.5 Å². The first-order valence-electron chi connectivity index (χ1n) is 11.4. The number of methoxy groups -OCH3 is 1. The van der Waals surface area contributed by atoms with Gasteiger partial charge in [-0.2, -0.15) is 0 Å². The van der Waals surface area contributed by atoms with Gasteiger partial charge in [0, 0.05) is 35.9 Å². The number of fused-ring (bicyclic) bond motifs is 2. The summed E-state index contributed by atoms with van der Waals surface area (Å²) in [6.07, 6.45) is 4.66. The molecule has 1 fully saturated rings. The number of rotatable bonds is 5. The summed E-state index contributed by atoms with van der Waals surface area (Å²) in [5.74, 6) is 0.00887. The third-order valence-electron chi connectivity index (χ3n) is 6.52. The van der Waals surface area contributed by atoms with Crippen LogP contribution in [-0.2, 0) is 11.3 Å². The molecule has 2 bridgehead atoms. The Morgan fingerprint density at radius 3 is 2.77 bits per heavy atom. The molecule has 2 aromatic heterocycles. The number of piperidine rings is 1. The number of nitrogens with zero attached hydrogens (tertiary/aromatic N) is 2. The molecule has 2 amide bonds. The Balaban J connectivity index is 1.51. The van der Waals surface area contributed by atoms with Gasteiger partial charge in [0.1, 0.15) is 17.2 Å². The van der Waals surface area contributed by atoms with Gasteiger partial charge in [-0.3, -0.25) is 14.4 Å². The van der Waals surface area contributed by atoms with Crippen LogP contribution < -0.4 is 15.6 Å². The van der Waals surface area contributed by atoms with Gasteiger partial charge >= 0.3 is 0 Å². The van der Waals surface area contributed by atoms with Crippen molar-refractivity contribution in [2.24, 2.45) is 5.92 Å². The highest BCUT2D eigenvalue weighted by Crippen LogP contribution is 2.38. The second kappa shape index (κ2) is 9.46. The Labute approximate surface area is 206 Å². The number of halogens is 1. The third kappa shape index (κ3) is 4.49. The molecule has 2 unspecified atom stereocenters. The fourth-order valence-corrected chi connectivity index (χ4v) is 5.05. The summed E-state index contributed by atoms with van der Waals surface area (Å²) in [4.78, 5) is 41.4. The van der Waals surface area contributed by atoms with Crippen molar-refractivity contribution in [3.05, 3.63) is 92.9 Å². The second-order valence-corrected chi connectivity index (χ2v) is 9.12. The van der Waals surface area contributed by atoms with E-state index in [1.165, 1.54) is 25.5 Å². The van der Waals surface area contributed by atoms with E-state index in [0.717, 1.165) is 18.5 Å². The molecule has 0 saturated carbocycles. The first kappa shape index (κ1) is 23.0. The summed E-state index contributed by atoms with van der Waals surface area (Å²) in [7, 11) is 1.46. The zero-order valence-corrected chi connectivity index (χ0v) is 19.8. The van der Waals surface area contributed by atoms with Gasteiger partial charge in [0.2, 0.25) is 0 Å². The van der Waals surface area contributed by atoms with Crippen LogP contribution in [0.3, 0.4) is 0 Å². The molecule has 35 heavy (non-hydrogen) atoms. The number of nitrogens with one attached hydrogen (secondary N) is 1. The van der Waals surface area contributed by atoms with Crippen molar-refractivity contribution < 1.29 is 18.7 Å². The van der Waals surface area contributed by atoms with Crippen LogP contribution in [0.25, 0.3) is 6.08 Å². The highest BCUT2D eigenvalue weighted by molar-refractivity contribution is 6.31. The predicted octanol–water partition coefficient (Wildman–Crippen LogP) is 3.87. The second-order valence-electron chi connectivity index (χ2n) is 8.69. The smallest absolute Gasteiger partial charge is 0.271 e. The van der Waals surface area contributed by atoms with Crippen LogP contribution in [0.15, 0.2) is 69.7 Å². The molecule has 0 radical (unpaired) electrons. The van der Waals surface area contributed by atoms with E-state index in [4.69, 9.17) is 20.8 Å². The Morgan fingerprint density at radius 2 is 2.00 bits per heavy atom. The first-order chi connectivity index (χ1) is 16.9. The molecule has 5 heterocycles. The summed E-state index contributed by atoms with van der Waals surface area (Å²) in [6.45, 7) is 1.05. The Morgan fingerprint density at radius 1 is 1.14 bits per heavy atom. The number of aromatic nitrogens is 1. The van der Waals surface area contributed by atoms with Crippen molar-refractivity contribution in [1.29, 1.82) is 0 Å². The van der Waals surface area contributed by atoms with Crippen LogP contribution in [0.2, 0.25) is 5.02 Å². The lowest BCUT2D eigenvalue weighted by Gasteiger charge is -2.37. The third-order valence-corrected chi connectivity index (χ3v) is 6.76. The lowest BCUT2D eigenvalue weighted by atomic mass is 9.93. The maximum Gasteiger partial charge on any atom is 0.271 e. The molecule has 1 N–H and O–H groups in total. The standard InChI is InChI=1S/C26H24ClN3O5/c1-34-23-10-8-17(27)12-19(23)25(32)28-20(13-18-4-3-11-35-18)26(33)30-15-16-7-9-22(30)21-5-2-6-24(31)29(21)14-16/h2-6,8,10-13,16,22H,7,9,14-15H2,1H3,(H,28,32)/b20-13+. The van der Waals surface area contributed by atoms with Crippen molar-refractivity contribution in [2.75, 3.05) is 13.7 Å². The summed E-state index contributed by atoms with van der Waals surface area (Å²) in [6, 6.07) is 13.0. The molecule has 9 heteroatoms. The molecular weight excluding hydrogens is 470 g/mol. The normalized spacial score (nSPS) is 19.1. The van der Waals surface area contributed by atoms with E-state index in [-0.39, 0.29) is 34.7 Å². The number of pyridine rings is 1. The summed E-state index contributed by atoms with van der Waals surface area (Å²) in [5.41, 5.74) is 1.00. The average molecular weight is 494 g/mol.